The van der Waals surface area contributed by atoms with Crippen molar-refractivity contribution >= 4 is 5.91 Å². The highest BCUT2D eigenvalue weighted by atomic mass is 16.5. The lowest BCUT2D eigenvalue weighted by Crippen LogP contribution is -2.70. The van der Waals surface area contributed by atoms with E-state index in [4.69, 9.17) is 9.15 Å². The maximum absolute atomic E-state index is 12.9. The standard InChI is InChI=1S/C18H25N5O3/c1-13(15-6-20-21(3)8-15)17(24)23-4-5-25-18(12-23)10-22(11-18)9-16-7-19-14(2)26-16/h6-8,13H,4-5,9-12H2,1-3H3. The van der Waals surface area contributed by atoms with E-state index in [1.165, 1.54) is 0 Å². The van der Waals surface area contributed by atoms with Gasteiger partial charge in [0.1, 0.15) is 11.4 Å². The van der Waals surface area contributed by atoms with E-state index in [0.717, 1.165) is 31.0 Å². The van der Waals surface area contributed by atoms with Crippen molar-refractivity contribution in [1.29, 1.82) is 0 Å². The molecule has 1 atom stereocenters. The Kier molecular flexibility index (Phi) is 4.32. The van der Waals surface area contributed by atoms with Crippen molar-refractivity contribution in [1.82, 2.24) is 24.6 Å². The Morgan fingerprint density at radius 1 is 1.35 bits per heavy atom. The first kappa shape index (κ1) is 17.2. The van der Waals surface area contributed by atoms with E-state index < -0.39 is 0 Å². The lowest BCUT2D eigenvalue weighted by molar-refractivity contribution is -0.192. The number of aromatic nitrogens is 3. The molecule has 26 heavy (non-hydrogen) atoms. The van der Waals surface area contributed by atoms with Crippen LogP contribution in [0.5, 0.6) is 0 Å². The van der Waals surface area contributed by atoms with Crippen LogP contribution in [0.25, 0.3) is 0 Å². The number of likely N-dealkylation sites (tertiary alicyclic amines) is 1. The van der Waals surface area contributed by atoms with Crippen molar-refractivity contribution in [3.63, 3.8) is 0 Å². The fourth-order valence-electron chi connectivity index (χ4n) is 3.88. The van der Waals surface area contributed by atoms with Crippen LogP contribution in [0.4, 0.5) is 0 Å². The van der Waals surface area contributed by atoms with Crippen molar-refractivity contribution in [2.24, 2.45) is 7.05 Å². The van der Waals surface area contributed by atoms with Gasteiger partial charge in [0.2, 0.25) is 5.91 Å². The summed E-state index contributed by atoms with van der Waals surface area (Å²) < 4.78 is 13.3. The van der Waals surface area contributed by atoms with E-state index in [1.54, 1.807) is 17.1 Å². The summed E-state index contributed by atoms with van der Waals surface area (Å²) >= 11 is 0. The monoisotopic (exact) mass is 359 g/mol. The second-order valence-electron chi connectivity index (χ2n) is 7.45. The minimum absolute atomic E-state index is 0.144. The summed E-state index contributed by atoms with van der Waals surface area (Å²) in [6.45, 7) is 8.00. The van der Waals surface area contributed by atoms with Crippen LogP contribution in [0.3, 0.4) is 0 Å². The van der Waals surface area contributed by atoms with E-state index in [9.17, 15) is 4.79 Å². The zero-order chi connectivity index (χ0) is 18.3. The van der Waals surface area contributed by atoms with Crippen LogP contribution in [-0.2, 0) is 23.1 Å². The molecule has 0 saturated carbocycles. The normalized spacial score (nSPS) is 21.0. The third-order valence-electron chi connectivity index (χ3n) is 5.23. The molecule has 8 heteroatoms. The number of amides is 1. The van der Waals surface area contributed by atoms with Crippen LogP contribution in [0.2, 0.25) is 0 Å². The van der Waals surface area contributed by atoms with Gasteiger partial charge in [-0.25, -0.2) is 4.98 Å². The van der Waals surface area contributed by atoms with Crippen LogP contribution in [-0.4, -0.2) is 68.9 Å². The van der Waals surface area contributed by atoms with E-state index in [0.29, 0.717) is 25.6 Å². The molecule has 0 aliphatic carbocycles. The van der Waals surface area contributed by atoms with E-state index in [2.05, 4.69) is 15.0 Å². The Balaban J connectivity index is 1.35. The van der Waals surface area contributed by atoms with Gasteiger partial charge in [0, 0.05) is 45.4 Å². The molecule has 2 aromatic heterocycles. The smallest absolute Gasteiger partial charge is 0.230 e. The number of rotatable bonds is 4. The number of hydrogen-bond donors (Lipinski definition) is 0. The van der Waals surface area contributed by atoms with Crippen LogP contribution in [0.15, 0.2) is 23.0 Å². The lowest BCUT2D eigenvalue weighted by Gasteiger charge is -2.53. The maximum Gasteiger partial charge on any atom is 0.230 e. The van der Waals surface area contributed by atoms with Crippen molar-refractivity contribution in [3.8, 4) is 0 Å². The Bertz CT molecular complexity index is 792. The first-order chi connectivity index (χ1) is 12.4. The molecule has 2 aliphatic rings. The molecule has 1 unspecified atom stereocenters. The van der Waals surface area contributed by atoms with Crippen LogP contribution >= 0.6 is 0 Å². The second kappa shape index (κ2) is 6.51. The number of aryl methyl sites for hydroxylation is 2. The highest BCUT2D eigenvalue weighted by Crippen LogP contribution is 2.31. The van der Waals surface area contributed by atoms with Gasteiger partial charge < -0.3 is 14.1 Å². The van der Waals surface area contributed by atoms with Gasteiger partial charge in [-0.1, -0.05) is 0 Å². The SMILES string of the molecule is Cc1ncc(CN2CC3(C2)CN(C(=O)C(C)c2cnn(C)c2)CCO3)o1. The van der Waals surface area contributed by atoms with E-state index in [1.807, 2.05) is 32.0 Å². The fraction of sp³-hybridized carbons (Fsp3) is 0.611. The number of nitrogens with zero attached hydrogens (tertiary/aromatic N) is 5. The molecule has 0 aromatic carbocycles. The summed E-state index contributed by atoms with van der Waals surface area (Å²) in [5.74, 6) is 1.51. The highest BCUT2D eigenvalue weighted by Gasteiger charge is 2.48. The van der Waals surface area contributed by atoms with Gasteiger partial charge in [0.15, 0.2) is 5.89 Å². The molecule has 2 fully saturated rings. The number of carbonyl (C=O) groups is 1. The molecule has 1 spiro atoms. The van der Waals surface area contributed by atoms with Gasteiger partial charge in [-0.3, -0.25) is 14.4 Å². The van der Waals surface area contributed by atoms with Crippen molar-refractivity contribution in [2.75, 3.05) is 32.8 Å². The third-order valence-corrected chi connectivity index (χ3v) is 5.23. The first-order valence-electron chi connectivity index (χ1n) is 8.99. The van der Waals surface area contributed by atoms with Crippen LogP contribution in [0.1, 0.15) is 30.1 Å². The molecule has 2 aromatic rings. The summed E-state index contributed by atoms with van der Waals surface area (Å²) in [4.78, 5) is 21.2. The molecule has 0 radical (unpaired) electrons. The average molecular weight is 359 g/mol. The number of hydrogen-bond acceptors (Lipinski definition) is 6. The average Bonchev–Trinajstić information content (AvgIpc) is 3.21. The molecular formula is C18H25N5O3. The molecule has 4 heterocycles. The van der Waals surface area contributed by atoms with Crippen molar-refractivity contribution in [3.05, 3.63) is 35.8 Å². The molecule has 8 nitrogen and oxygen atoms in total. The summed E-state index contributed by atoms with van der Waals surface area (Å²) in [7, 11) is 1.86. The third kappa shape index (κ3) is 3.26. The summed E-state index contributed by atoms with van der Waals surface area (Å²) in [5, 5.41) is 4.17. The van der Waals surface area contributed by atoms with E-state index >= 15 is 0 Å². The van der Waals surface area contributed by atoms with Gasteiger partial charge in [-0.15, -0.1) is 0 Å². The molecule has 2 aliphatic heterocycles. The highest BCUT2D eigenvalue weighted by molar-refractivity contribution is 5.83. The Morgan fingerprint density at radius 2 is 2.15 bits per heavy atom. The number of oxazole rings is 1. The zero-order valence-corrected chi connectivity index (χ0v) is 15.5. The predicted octanol–water partition coefficient (Wildman–Crippen LogP) is 0.933. The number of morpholine rings is 1. The minimum atomic E-state index is -0.252. The molecule has 1 amide bonds. The predicted molar refractivity (Wildman–Crippen MR) is 93.4 cm³/mol. The van der Waals surface area contributed by atoms with E-state index in [-0.39, 0.29) is 17.4 Å². The minimum Gasteiger partial charge on any atom is -0.445 e. The summed E-state index contributed by atoms with van der Waals surface area (Å²) in [5.41, 5.74) is 0.700. The number of ether oxygens (including phenoxy) is 1. The van der Waals surface area contributed by atoms with Crippen molar-refractivity contribution < 1.29 is 13.9 Å². The second-order valence-corrected chi connectivity index (χ2v) is 7.45. The quantitative estimate of drug-likeness (QED) is 0.808. The Hall–Kier alpha value is -2.19. The van der Waals surface area contributed by atoms with Crippen molar-refractivity contribution in [2.45, 2.75) is 31.9 Å². The van der Waals surface area contributed by atoms with Gasteiger partial charge in [-0.2, -0.15) is 5.10 Å². The zero-order valence-electron chi connectivity index (χ0n) is 15.5. The molecular weight excluding hydrogens is 334 g/mol. The van der Waals surface area contributed by atoms with Gasteiger partial charge >= 0.3 is 0 Å². The van der Waals surface area contributed by atoms with Crippen LogP contribution < -0.4 is 0 Å². The molecule has 140 valence electrons. The fourth-order valence-corrected chi connectivity index (χ4v) is 3.88. The summed E-state index contributed by atoms with van der Waals surface area (Å²) in [6, 6.07) is 0. The Morgan fingerprint density at radius 3 is 2.81 bits per heavy atom. The largest absolute Gasteiger partial charge is 0.445 e. The Labute approximate surface area is 152 Å². The molecule has 4 rings (SSSR count). The topological polar surface area (TPSA) is 76.6 Å². The first-order valence-corrected chi connectivity index (χ1v) is 8.99. The molecule has 0 N–H and O–H groups in total. The number of carbonyl (C=O) groups excluding carboxylic acids is 1. The summed E-state index contributed by atoms with van der Waals surface area (Å²) in [6.07, 6.45) is 5.44. The maximum atomic E-state index is 12.9. The van der Waals surface area contributed by atoms with Gasteiger partial charge in [-0.05, 0) is 6.92 Å². The molecule has 2 saturated heterocycles. The van der Waals surface area contributed by atoms with Gasteiger partial charge in [0.05, 0.1) is 38.0 Å². The molecule has 0 bridgehead atoms. The lowest BCUT2D eigenvalue weighted by atomic mass is 9.90. The van der Waals surface area contributed by atoms with Crippen LogP contribution in [0, 0.1) is 6.92 Å². The van der Waals surface area contributed by atoms with Gasteiger partial charge in [0.25, 0.3) is 0 Å².